The molecule has 3 nitrogen and oxygen atoms in total. The van der Waals surface area contributed by atoms with Gasteiger partial charge in [-0.05, 0) is 23.8 Å². The SMILES string of the molecule is O=C(NCc1cccc2c(Cl)ccnc12)c1ccccc1. The Labute approximate surface area is 127 Å². The van der Waals surface area contributed by atoms with Crippen LogP contribution in [-0.4, -0.2) is 10.9 Å². The van der Waals surface area contributed by atoms with Crippen LogP contribution in [0.5, 0.6) is 0 Å². The Morgan fingerprint density at radius 3 is 2.67 bits per heavy atom. The highest BCUT2D eigenvalue weighted by molar-refractivity contribution is 6.35. The summed E-state index contributed by atoms with van der Waals surface area (Å²) in [5, 5.41) is 4.46. The first-order chi connectivity index (χ1) is 10.3. The van der Waals surface area contributed by atoms with Crippen molar-refractivity contribution in [2.75, 3.05) is 0 Å². The molecule has 0 aliphatic carbocycles. The average Bonchev–Trinajstić information content (AvgIpc) is 2.54. The number of nitrogens with zero attached hydrogens (tertiary/aromatic N) is 1. The Bertz CT molecular complexity index is 787. The Morgan fingerprint density at radius 2 is 1.86 bits per heavy atom. The van der Waals surface area contributed by atoms with Crippen molar-refractivity contribution in [3.8, 4) is 0 Å². The molecule has 0 saturated carbocycles. The van der Waals surface area contributed by atoms with Crippen molar-refractivity contribution in [3.05, 3.63) is 76.9 Å². The Morgan fingerprint density at radius 1 is 1.05 bits per heavy atom. The third-order valence-corrected chi connectivity index (χ3v) is 3.61. The summed E-state index contributed by atoms with van der Waals surface area (Å²) in [5.74, 6) is -0.102. The largest absolute Gasteiger partial charge is 0.348 e. The Balaban J connectivity index is 1.83. The van der Waals surface area contributed by atoms with Crippen LogP contribution in [0.2, 0.25) is 5.02 Å². The molecule has 1 heterocycles. The average molecular weight is 297 g/mol. The molecule has 0 aliphatic heterocycles. The Kier molecular flexibility index (Phi) is 3.84. The van der Waals surface area contributed by atoms with Gasteiger partial charge in [0.25, 0.3) is 5.91 Å². The van der Waals surface area contributed by atoms with E-state index in [2.05, 4.69) is 10.3 Å². The number of carbonyl (C=O) groups is 1. The molecule has 2 aromatic carbocycles. The summed E-state index contributed by atoms with van der Waals surface area (Å²) in [6.07, 6.45) is 1.67. The van der Waals surface area contributed by atoms with Gasteiger partial charge in [-0.25, -0.2) is 0 Å². The van der Waals surface area contributed by atoms with Crippen LogP contribution in [-0.2, 0) is 6.54 Å². The lowest BCUT2D eigenvalue weighted by atomic mass is 10.1. The third kappa shape index (κ3) is 2.88. The summed E-state index contributed by atoms with van der Waals surface area (Å²) in [7, 11) is 0. The number of rotatable bonds is 3. The lowest BCUT2D eigenvalue weighted by Crippen LogP contribution is -2.22. The highest BCUT2D eigenvalue weighted by atomic mass is 35.5. The van der Waals surface area contributed by atoms with Gasteiger partial charge in [0, 0.05) is 23.7 Å². The van der Waals surface area contributed by atoms with Crippen LogP contribution in [0.15, 0.2) is 60.8 Å². The number of carbonyl (C=O) groups excluding carboxylic acids is 1. The second-order valence-electron chi connectivity index (χ2n) is 4.65. The first kappa shape index (κ1) is 13.6. The molecule has 3 aromatic rings. The van der Waals surface area contributed by atoms with Crippen molar-refractivity contribution in [2.45, 2.75) is 6.54 Å². The smallest absolute Gasteiger partial charge is 0.251 e. The van der Waals surface area contributed by atoms with Gasteiger partial charge in [-0.2, -0.15) is 0 Å². The summed E-state index contributed by atoms with van der Waals surface area (Å²) in [6, 6.07) is 16.7. The van der Waals surface area contributed by atoms with Crippen LogP contribution in [0.4, 0.5) is 0 Å². The number of pyridine rings is 1. The highest BCUT2D eigenvalue weighted by Gasteiger charge is 2.08. The maximum atomic E-state index is 12.1. The predicted octanol–water partition coefficient (Wildman–Crippen LogP) is 3.82. The quantitative estimate of drug-likeness (QED) is 0.798. The number of benzene rings is 2. The molecule has 0 unspecified atom stereocenters. The molecule has 1 N–H and O–H groups in total. The number of fused-ring (bicyclic) bond motifs is 1. The highest BCUT2D eigenvalue weighted by Crippen LogP contribution is 2.23. The maximum absolute atomic E-state index is 12.1. The monoisotopic (exact) mass is 296 g/mol. The normalized spacial score (nSPS) is 10.5. The second kappa shape index (κ2) is 5.94. The first-order valence-corrected chi connectivity index (χ1v) is 6.99. The molecular weight excluding hydrogens is 284 g/mol. The number of para-hydroxylation sites is 1. The van der Waals surface area contributed by atoms with E-state index in [1.807, 2.05) is 36.4 Å². The molecule has 0 radical (unpaired) electrons. The van der Waals surface area contributed by atoms with E-state index >= 15 is 0 Å². The zero-order chi connectivity index (χ0) is 14.7. The molecule has 0 bridgehead atoms. The van der Waals surface area contributed by atoms with Crippen molar-refractivity contribution < 1.29 is 4.79 Å². The summed E-state index contributed by atoms with van der Waals surface area (Å²) in [6.45, 7) is 0.415. The van der Waals surface area contributed by atoms with Gasteiger partial charge in [-0.15, -0.1) is 0 Å². The van der Waals surface area contributed by atoms with Crippen LogP contribution >= 0.6 is 11.6 Å². The molecule has 104 valence electrons. The van der Waals surface area contributed by atoms with Gasteiger partial charge in [0.15, 0.2) is 0 Å². The van der Waals surface area contributed by atoms with Crippen molar-refractivity contribution in [1.82, 2.24) is 10.3 Å². The number of amides is 1. The van der Waals surface area contributed by atoms with Gasteiger partial charge in [0.2, 0.25) is 0 Å². The number of hydrogen-bond acceptors (Lipinski definition) is 2. The zero-order valence-electron chi connectivity index (χ0n) is 11.2. The molecule has 3 rings (SSSR count). The van der Waals surface area contributed by atoms with E-state index in [0.29, 0.717) is 17.1 Å². The fourth-order valence-electron chi connectivity index (χ4n) is 2.21. The molecule has 0 fully saturated rings. The van der Waals surface area contributed by atoms with E-state index in [0.717, 1.165) is 16.5 Å². The minimum atomic E-state index is -0.102. The van der Waals surface area contributed by atoms with Gasteiger partial charge in [0.05, 0.1) is 10.5 Å². The summed E-state index contributed by atoms with van der Waals surface area (Å²) < 4.78 is 0. The van der Waals surface area contributed by atoms with Crippen LogP contribution in [0.3, 0.4) is 0 Å². The third-order valence-electron chi connectivity index (χ3n) is 3.28. The van der Waals surface area contributed by atoms with E-state index in [-0.39, 0.29) is 5.91 Å². The molecule has 4 heteroatoms. The summed E-state index contributed by atoms with van der Waals surface area (Å²) >= 11 is 6.16. The van der Waals surface area contributed by atoms with Crippen molar-refractivity contribution in [1.29, 1.82) is 0 Å². The Hall–Kier alpha value is -2.39. The van der Waals surface area contributed by atoms with Crippen molar-refractivity contribution in [2.24, 2.45) is 0 Å². The molecule has 0 atom stereocenters. The van der Waals surface area contributed by atoms with Crippen LogP contribution in [0, 0.1) is 0 Å². The van der Waals surface area contributed by atoms with Crippen LogP contribution < -0.4 is 5.32 Å². The number of hydrogen-bond donors (Lipinski definition) is 1. The maximum Gasteiger partial charge on any atom is 0.251 e. The first-order valence-electron chi connectivity index (χ1n) is 6.61. The van der Waals surface area contributed by atoms with Crippen LogP contribution in [0.1, 0.15) is 15.9 Å². The minimum Gasteiger partial charge on any atom is -0.348 e. The fourth-order valence-corrected chi connectivity index (χ4v) is 2.42. The zero-order valence-corrected chi connectivity index (χ0v) is 12.0. The molecular formula is C17H13ClN2O. The number of nitrogens with one attached hydrogen (secondary N) is 1. The summed E-state index contributed by atoms with van der Waals surface area (Å²) in [5.41, 5.74) is 2.40. The van der Waals surface area contributed by atoms with Gasteiger partial charge in [-0.1, -0.05) is 48.0 Å². The second-order valence-corrected chi connectivity index (χ2v) is 5.06. The molecule has 0 spiro atoms. The van der Waals surface area contributed by atoms with E-state index < -0.39 is 0 Å². The number of halogens is 1. The summed E-state index contributed by atoms with van der Waals surface area (Å²) in [4.78, 5) is 16.4. The van der Waals surface area contributed by atoms with Crippen molar-refractivity contribution >= 4 is 28.4 Å². The lowest BCUT2D eigenvalue weighted by molar-refractivity contribution is 0.0951. The molecule has 21 heavy (non-hydrogen) atoms. The van der Waals surface area contributed by atoms with Crippen molar-refractivity contribution in [3.63, 3.8) is 0 Å². The van der Waals surface area contributed by atoms with E-state index in [1.165, 1.54) is 0 Å². The standard InChI is InChI=1S/C17H13ClN2O/c18-15-9-10-19-16-13(7-4-8-14(15)16)11-20-17(21)12-5-2-1-3-6-12/h1-10H,11H2,(H,20,21). The lowest BCUT2D eigenvalue weighted by Gasteiger charge is -2.08. The topological polar surface area (TPSA) is 42.0 Å². The number of aromatic nitrogens is 1. The molecule has 1 amide bonds. The minimum absolute atomic E-state index is 0.102. The predicted molar refractivity (Wildman–Crippen MR) is 84.4 cm³/mol. The van der Waals surface area contributed by atoms with Gasteiger partial charge < -0.3 is 5.32 Å². The molecule has 0 aliphatic rings. The van der Waals surface area contributed by atoms with Crippen LogP contribution in [0.25, 0.3) is 10.9 Å². The van der Waals surface area contributed by atoms with Gasteiger partial charge in [-0.3, -0.25) is 9.78 Å². The van der Waals surface area contributed by atoms with Gasteiger partial charge in [0.1, 0.15) is 0 Å². The van der Waals surface area contributed by atoms with E-state index in [1.54, 1.807) is 24.4 Å². The van der Waals surface area contributed by atoms with E-state index in [9.17, 15) is 4.79 Å². The van der Waals surface area contributed by atoms with Gasteiger partial charge >= 0.3 is 0 Å². The fraction of sp³-hybridized carbons (Fsp3) is 0.0588. The molecule has 0 saturated heterocycles. The molecule has 1 aromatic heterocycles. The van der Waals surface area contributed by atoms with E-state index in [4.69, 9.17) is 11.6 Å².